The van der Waals surface area contributed by atoms with Crippen LogP contribution in [0.2, 0.25) is 0 Å². The van der Waals surface area contributed by atoms with Gasteiger partial charge in [0.15, 0.2) is 5.75 Å². The normalized spacial score (nSPS) is 10.7. The quantitative estimate of drug-likeness (QED) is 0.666. The van der Waals surface area contributed by atoms with Crippen molar-refractivity contribution in [2.75, 3.05) is 0 Å². The molecule has 0 aliphatic heterocycles. The Balaban J connectivity index is 2.11. The fourth-order valence-electron chi connectivity index (χ4n) is 2.09. The minimum absolute atomic E-state index is 0.430. The molecule has 2 heterocycles. The Labute approximate surface area is 122 Å². The number of hydrogen-bond donors (Lipinski definition) is 0. The molecule has 4 heteroatoms. The maximum Gasteiger partial charge on any atom is 0.227 e. The summed E-state index contributed by atoms with van der Waals surface area (Å²) in [5.41, 5.74) is 1.83. The van der Waals surface area contributed by atoms with E-state index in [1.54, 1.807) is 12.4 Å². The number of pyridine rings is 2. The van der Waals surface area contributed by atoms with E-state index in [1.807, 2.05) is 43.3 Å². The number of benzene rings is 1. The zero-order valence-corrected chi connectivity index (χ0v) is 11.8. The van der Waals surface area contributed by atoms with Gasteiger partial charge in [-0.1, -0.05) is 18.2 Å². The van der Waals surface area contributed by atoms with E-state index in [0.29, 0.717) is 17.5 Å². The summed E-state index contributed by atoms with van der Waals surface area (Å²) in [6, 6.07) is 11.7. The van der Waals surface area contributed by atoms with Crippen LogP contribution in [0.15, 0.2) is 48.8 Å². The average molecular weight is 285 g/mol. The third-order valence-corrected chi connectivity index (χ3v) is 3.44. The molecule has 0 unspecified atom stereocenters. The first-order valence-electron chi connectivity index (χ1n) is 6.31. The summed E-state index contributed by atoms with van der Waals surface area (Å²) in [5.74, 6) is 1.72. The molecule has 0 atom stereocenters. The van der Waals surface area contributed by atoms with E-state index >= 15 is 0 Å². The Bertz CT molecular complexity index is 758. The van der Waals surface area contributed by atoms with Crippen molar-refractivity contribution >= 4 is 22.4 Å². The van der Waals surface area contributed by atoms with Crippen LogP contribution in [-0.2, 0) is 5.88 Å². The van der Waals surface area contributed by atoms with E-state index in [-0.39, 0.29) is 0 Å². The Morgan fingerprint density at radius 3 is 2.60 bits per heavy atom. The van der Waals surface area contributed by atoms with Gasteiger partial charge in [-0.15, -0.1) is 11.6 Å². The molecule has 0 saturated carbocycles. The number of rotatable bonds is 3. The van der Waals surface area contributed by atoms with Gasteiger partial charge in [0.25, 0.3) is 0 Å². The Morgan fingerprint density at radius 1 is 1.05 bits per heavy atom. The molecule has 0 fully saturated rings. The summed E-state index contributed by atoms with van der Waals surface area (Å²) >= 11 is 5.95. The molecule has 3 nitrogen and oxygen atoms in total. The summed E-state index contributed by atoms with van der Waals surface area (Å²) < 4.78 is 5.91. The lowest BCUT2D eigenvalue weighted by Crippen LogP contribution is -1.94. The molecule has 3 rings (SSSR count). The number of hydrogen-bond acceptors (Lipinski definition) is 3. The highest BCUT2D eigenvalue weighted by atomic mass is 35.5. The van der Waals surface area contributed by atoms with Crippen LogP contribution in [0.5, 0.6) is 11.6 Å². The van der Waals surface area contributed by atoms with E-state index in [0.717, 1.165) is 22.0 Å². The van der Waals surface area contributed by atoms with Crippen LogP contribution in [0, 0.1) is 6.92 Å². The van der Waals surface area contributed by atoms with Crippen molar-refractivity contribution in [3.8, 4) is 11.6 Å². The predicted molar refractivity (Wildman–Crippen MR) is 80.3 cm³/mol. The summed E-state index contributed by atoms with van der Waals surface area (Å²) in [6.45, 7) is 1.91. The van der Waals surface area contributed by atoms with Gasteiger partial charge in [0.1, 0.15) is 0 Å². The number of aryl methyl sites for hydroxylation is 1. The molecule has 0 bridgehead atoms. The largest absolute Gasteiger partial charge is 0.436 e. The first-order valence-corrected chi connectivity index (χ1v) is 6.85. The molecule has 0 spiro atoms. The minimum atomic E-state index is 0.430. The molecule has 100 valence electrons. The molecule has 20 heavy (non-hydrogen) atoms. The van der Waals surface area contributed by atoms with Crippen molar-refractivity contribution in [3.63, 3.8) is 0 Å². The molecule has 3 aromatic rings. The van der Waals surface area contributed by atoms with Gasteiger partial charge in [-0.2, -0.15) is 0 Å². The van der Waals surface area contributed by atoms with Gasteiger partial charge in [-0.25, -0.2) is 4.98 Å². The number of fused-ring (bicyclic) bond motifs is 1. The first kappa shape index (κ1) is 12.9. The fraction of sp³-hybridized carbons (Fsp3) is 0.125. The van der Waals surface area contributed by atoms with Crippen LogP contribution in [0.25, 0.3) is 10.8 Å². The third kappa shape index (κ3) is 2.32. The molecule has 0 saturated heterocycles. The van der Waals surface area contributed by atoms with Gasteiger partial charge < -0.3 is 4.74 Å². The van der Waals surface area contributed by atoms with Crippen LogP contribution in [0.3, 0.4) is 0 Å². The summed E-state index contributed by atoms with van der Waals surface area (Å²) in [5, 5.41) is 2.02. The van der Waals surface area contributed by atoms with Crippen LogP contribution in [-0.4, -0.2) is 9.97 Å². The Kier molecular flexibility index (Phi) is 3.52. The molecule has 0 aliphatic carbocycles. The van der Waals surface area contributed by atoms with E-state index in [1.165, 1.54) is 0 Å². The number of halogens is 1. The van der Waals surface area contributed by atoms with Crippen LogP contribution in [0.4, 0.5) is 0 Å². The minimum Gasteiger partial charge on any atom is -0.436 e. The number of ether oxygens (including phenoxy) is 1. The molecule has 0 radical (unpaired) electrons. The van der Waals surface area contributed by atoms with Crippen molar-refractivity contribution in [2.45, 2.75) is 12.8 Å². The second-order valence-corrected chi connectivity index (χ2v) is 4.72. The lowest BCUT2D eigenvalue weighted by molar-refractivity contribution is 0.462. The topological polar surface area (TPSA) is 35.0 Å². The highest BCUT2D eigenvalue weighted by molar-refractivity contribution is 6.18. The Hall–Kier alpha value is -2.13. The molecular formula is C16H13ClN2O. The monoisotopic (exact) mass is 284 g/mol. The maximum atomic E-state index is 5.95. The van der Waals surface area contributed by atoms with Crippen LogP contribution < -0.4 is 4.74 Å². The van der Waals surface area contributed by atoms with Crippen molar-refractivity contribution in [3.05, 3.63) is 60.0 Å². The molecule has 1 aromatic carbocycles. The van der Waals surface area contributed by atoms with Gasteiger partial charge in [-0.3, -0.25) is 4.98 Å². The summed E-state index contributed by atoms with van der Waals surface area (Å²) in [6.07, 6.45) is 3.50. The number of nitrogens with zero attached hydrogens (tertiary/aromatic N) is 2. The molecule has 0 N–H and O–H groups in total. The van der Waals surface area contributed by atoms with Gasteiger partial charge in [-0.05, 0) is 36.1 Å². The number of alkyl halides is 1. The van der Waals surface area contributed by atoms with Crippen molar-refractivity contribution in [2.24, 2.45) is 0 Å². The van der Waals surface area contributed by atoms with Gasteiger partial charge in [0, 0.05) is 23.7 Å². The lowest BCUT2D eigenvalue weighted by atomic mass is 10.1. The molecule has 0 aliphatic rings. The van der Waals surface area contributed by atoms with Crippen molar-refractivity contribution in [1.29, 1.82) is 0 Å². The zero-order valence-electron chi connectivity index (χ0n) is 11.0. The molecular weight excluding hydrogens is 272 g/mol. The maximum absolute atomic E-state index is 5.95. The smallest absolute Gasteiger partial charge is 0.227 e. The lowest BCUT2D eigenvalue weighted by Gasteiger charge is -2.11. The molecule has 2 aromatic heterocycles. The fourth-order valence-corrected chi connectivity index (χ4v) is 2.31. The second-order valence-electron chi connectivity index (χ2n) is 4.46. The predicted octanol–water partition coefficient (Wildman–Crippen LogP) is 4.47. The van der Waals surface area contributed by atoms with E-state index in [9.17, 15) is 0 Å². The van der Waals surface area contributed by atoms with Crippen molar-refractivity contribution in [1.82, 2.24) is 9.97 Å². The highest BCUT2D eigenvalue weighted by Gasteiger charge is 2.09. The van der Waals surface area contributed by atoms with Crippen LogP contribution >= 0.6 is 11.6 Å². The average Bonchev–Trinajstić information content (AvgIpc) is 2.50. The van der Waals surface area contributed by atoms with E-state index in [4.69, 9.17) is 16.3 Å². The molecule has 0 amide bonds. The Morgan fingerprint density at radius 2 is 1.85 bits per heavy atom. The van der Waals surface area contributed by atoms with E-state index in [2.05, 4.69) is 9.97 Å². The summed E-state index contributed by atoms with van der Waals surface area (Å²) in [7, 11) is 0. The highest BCUT2D eigenvalue weighted by Crippen LogP contribution is 2.31. The zero-order chi connectivity index (χ0) is 13.9. The SMILES string of the molecule is Cc1ncccc1Oc1ncc(CCl)c2ccccc12. The van der Waals surface area contributed by atoms with Crippen LogP contribution in [0.1, 0.15) is 11.3 Å². The third-order valence-electron chi connectivity index (χ3n) is 3.15. The number of aromatic nitrogens is 2. The van der Waals surface area contributed by atoms with Gasteiger partial charge in [0.2, 0.25) is 5.88 Å². The summed E-state index contributed by atoms with van der Waals surface area (Å²) in [4.78, 5) is 8.59. The van der Waals surface area contributed by atoms with Crippen molar-refractivity contribution < 1.29 is 4.74 Å². The van der Waals surface area contributed by atoms with E-state index < -0.39 is 0 Å². The van der Waals surface area contributed by atoms with Gasteiger partial charge in [0.05, 0.1) is 5.69 Å². The van der Waals surface area contributed by atoms with Gasteiger partial charge >= 0.3 is 0 Å². The standard InChI is InChI=1S/C16H13ClN2O/c1-11-15(7-4-8-18-11)20-16-14-6-3-2-5-13(14)12(9-17)10-19-16/h2-8,10H,9H2,1H3. The second kappa shape index (κ2) is 5.47. The first-order chi connectivity index (χ1) is 9.79.